The summed E-state index contributed by atoms with van der Waals surface area (Å²) < 4.78 is 5.35. The van der Waals surface area contributed by atoms with Crippen molar-refractivity contribution in [3.8, 4) is 6.01 Å². The van der Waals surface area contributed by atoms with Crippen LogP contribution in [0.1, 0.15) is 27.2 Å². The number of aliphatic hydroxyl groups is 1. The Kier molecular flexibility index (Phi) is 6.88. The van der Waals surface area contributed by atoms with E-state index >= 15 is 0 Å². The zero-order valence-electron chi connectivity index (χ0n) is 11.9. The van der Waals surface area contributed by atoms with Gasteiger partial charge < -0.3 is 20.1 Å². The van der Waals surface area contributed by atoms with E-state index in [-0.39, 0.29) is 6.61 Å². The maximum absolute atomic E-state index is 8.92. The predicted octanol–water partition coefficient (Wildman–Crippen LogP) is 0.911. The fourth-order valence-electron chi connectivity index (χ4n) is 1.58. The molecule has 0 aliphatic carbocycles. The second-order valence-electron chi connectivity index (χ2n) is 3.86. The van der Waals surface area contributed by atoms with Crippen molar-refractivity contribution in [2.75, 3.05) is 43.1 Å². The first kappa shape index (κ1) is 15.4. The molecule has 19 heavy (non-hydrogen) atoms. The minimum atomic E-state index is 0.153. The van der Waals surface area contributed by atoms with Crippen LogP contribution in [0.3, 0.4) is 0 Å². The Bertz CT molecular complexity index is 351. The Hall–Kier alpha value is -1.63. The lowest BCUT2D eigenvalue weighted by Gasteiger charge is -2.21. The van der Waals surface area contributed by atoms with Crippen LogP contribution in [-0.4, -0.2) is 52.9 Å². The summed E-state index contributed by atoms with van der Waals surface area (Å²) >= 11 is 0. The van der Waals surface area contributed by atoms with Crippen molar-refractivity contribution in [2.24, 2.45) is 0 Å². The molecule has 0 saturated carbocycles. The second-order valence-corrected chi connectivity index (χ2v) is 3.86. The normalized spacial score (nSPS) is 10.3. The largest absolute Gasteiger partial charge is 0.464 e. The smallest absolute Gasteiger partial charge is 0.323 e. The third kappa shape index (κ3) is 4.86. The second kappa shape index (κ2) is 8.47. The van der Waals surface area contributed by atoms with E-state index in [2.05, 4.69) is 20.3 Å². The van der Waals surface area contributed by atoms with Gasteiger partial charge >= 0.3 is 6.01 Å². The molecule has 0 atom stereocenters. The van der Waals surface area contributed by atoms with Crippen LogP contribution in [0.15, 0.2) is 0 Å². The van der Waals surface area contributed by atoms with Gasteiger partial charge in [-0.15, -0.1) is 0 Å². The Labute approximate surface area is 114 Å². The van der Waals surface area contributed by atoms with Crippen molar-refractivity contribution in [2.45, 2.75) is 27.2 Å². The minimum absolute atomic E-state index is 0.153. The molecule has 2 N–H and O–H groups in total. The van der Waals surface area contributed by atoms with Crippen LogP contribution in [0, 0.1) is 0 Å². The molecular formula is C12H23N5O2. The van der Waals surface area contributed by atoms with Crippen LogP contribution in [-0.2, 0) is 0 Å². The molecule has 108 valence electrons. The van der Waals surface area contributed by atoms with E-state index < -0.39 is 0 Å². The summed E-state index contributed by atoms with van der Waals surface area (Å²) in [6.07, 6.45) is 0.681. The number of hydrogen-bond acceptors (Lipinski definition) is 7. The number of ether oxygens (including phenoxy) is 1. The highest BCUT2D eigenvalue weighted by Gasteiger charge is 2.12. The van der Waals surface area contributed by atoms with Crippen molar-refractivity contribution in [1.82, 2.24) is 15.0 Å². The lowest BCUT2D eigenvalue weighted by atomic mass is 10.4. The average Bonchev–Trinajstić information content (AvgIpc) is 2.40. The average molecular weight is 269 g/mol. The molecule has 0 radical (unpaired) electrons. The van der Waals surface area contributed by atoms with Crippen LogP contribution >= 0.6 is 0 Å². The summed E-state index contributed by atoms with van der Waals surface area (Å²) in [5, 5.41) is 12.0. The quantitative estimate of drug-likeness (QED) is 0.689. The molecule has 0 amide bonds. The summed E-state index contributed by atoms with van der Waals surface area (Å²) in [7, 11) is 0. The summed E-state index contributed by atoms with van der Waals surface area (Å²) in [5.74, 6) is 1.09. The minimum Gasteiger partial charge on any atom is -0.464 e. The first-order chi connectivity index (χ1) is 9.24. The molecule has 0 saturated heterocycles. The molecule has 0 aliphatic heterocycles. The fraction of sp³-hybridized carbons (Fsp3) is 0.750. The molecule has 0 spiro atoms. The zero-order chi connectivity index (χ0) is 14.1. The molecule has 0 aliphatic rings. The molecular weight excluding hydrogens is 246 g/mol. The fourth-order valence-corrected chi connectivity index (χ4v) is 1.58. The molecule has 7 heteroatoms. The van der Waals surface area contributed by atoms with Crippen molar-refractivity contribution >= 4 is 11.9 Å². The standard InChI is InChI=1S/C12H23N5O2/c1-4-13-10-14-11(16-12(15-10)19-6-3)17(5-2)8-7-9-18/h18H,4-9H2,1-3H3,(H,13,14,15,16). The van der Waals surface area contributed by atoms with Crippen molar-refractivity contribution in [3.63, 3.8) is 0 Å². The molecule has 1 aromatic heterocycles. The molecule has 1 rings (SSSR count). The zero-order valence-corrected chi connectivity index (χ0v) is 11.9. The van der Waals surface area contributed by atoms with Crippen molar-refractivity contribution in [1.29, 1.82) is 0 Å². The molecule has 1 aromatic rings. The van der Waals surface area contributed by atoms with E-state index in [4.69, 9.17) is 9.84 Å². The summed E-state index contributed by atoms with van der Waals surface area (Å²) in [5.41, 5.74) is 0. The number of anilines is 2. The number of nitrogens with one attached hydrogen (secondary N) is 1. The summed E-state index contributed by atoms with van der Waals surface area (Å²) in [4.78, 5) is 14.8. The van der Waals surface area contributed by atoms with Gasteiger partial charge in [0.05, 0.1) is 6.61 Å². The number of rotatable bonds is 9. The van der Waals surface area contributed by atoms with Crippen molar-refractivity contribution < 1.29 is 9.84 Å². The number of aliphatic hydroxyl groups excluding tert-OH is 1. The van der Waals surface area contributed by atoms with Gasteiger partial charge in [-0.05, 0) is 27.2 Å². The van der Waals surface area contributed by atoms with Crippen LogP contribution in [0.5, 0.6) is 6.01 Å². The molecule has 0 unspecified atom stereocenters. The maximum Gasteiger partial charge on any atom is 0.323 e. The monoisotopic (exact) mass is 269 g/mol. The molecule has 0 aromatic carbocycles. The van der Waals surface area contributed by atoms with Crippen molar-refractivity contribution in [3.05, 3.63) is 0 Å². The van der Waals surface area contributed by atoms with E-state index in [1.54, 1.807) is 0 Å². The Morgan fingerprint density at radius 3 is 2.58 bits per heavy atom. The van der Waals surface area contributed by atoms with Gasteiger partial charge in [0.25, 0.3) is 0 Å². The lowest BCUT2D eigenvalue weighted by Crippen LogP contribution is -2.27. The van der Waals surface area contributed by atoms with Crippen LogP contribution in [0.2, 0.25) is 0 Å². The number of hydrogen-bond donors (Lipinski definition) is 2. The maximum atomic E-state index is 8.92. The topological polar surface area (TPSA) is 83.4 Å². The molecule has 1 heterocycles. The van der Waals surface area contributed by atoms with E-state index in [0.29, 0.717) is 37.5 Å². The van der Waals surface area contributed by atoms with Crippen LogP contribution in [0.25, 0.3) is 0 Å². The third-order valence-electron chi connectivity index (χ3n) is 2.46. The lowest BCUT2D eigenvalue weighted by molar-refractivity contribution is 0.289. The van der Waals surface area contributed by atoms with E-state index in [9.17, 15) is 0 Å². The van der Waals surface area contributed by atoms with E-state index in [0.717, 1.165) is 13.1 Å². The van der Waals surface area contributed by atoms with Crippen LogP contribution < -0.4 is 15.0 Å². The molecule has 7 nitrogen and oxygen atoms in total. The van der Waals surface area contributed by atoms with E-state index in [1.165, 1.54) is 0 Å². The van der Waals surface area contributed by atoms with Gasteiger partial charge in [-0.3, -0.25) is 0 Å². The van der Waals surface area contributed by atoms with Gasteiger partial charge in [0.1, 0.15) is 0 Å². The SMILES string of the molecule is CCNc1nc(OCC)nc(N(CC)CCCO)n1. The highest BCUT2D eigenvalue weighted by atomic mass is 16.5. The number of nitrogens with zero attached hydrogens (tertiary/aromatic N) is 4. The predicted molar refractivity (Wildman–Crippen MR) is 74.7 cm³/mol. The Balaban J connectivity index is 2.94. The summed E-state index contributed by atoms with van der Waals surface area (Å²) in [6.45, 7) is 8.76. The van der Waals surface area contributed by atoms with Gasteiger partial charge in [0, 0.05) is 26.2 Å². The molecule has 0 bridgehead atoms. The van der Waals surface area contributed by atoms with Gasteiger partial charge in [0.2, 0.25) is 11.9 Å². The first-order valence-electron chi connectivity index (χ1n) is 6.73. The number of aromatic nitrogens is 3. The van der Waals surface area contributed by atoms with Crippen LogP contribution in [0.4, 0.5) is 11.9 Å². The molecule has 0 fully saturated rings. The highest BCUT2D eigenvalue weighted by Crippen LogP contribution is 2.15. The van der Waals surface area contributed by atoms with Gasteiger partial charge in [0.15, 0.2) is 0 Å². The highest BCUT2D eigenvalue weighted by molar-refractivity contribution is 5.38. The first-order valence-corrected chi connectivity index (χ1v) is 6.73. The van der Waals surface area contributed by atoms with E-state index in [1.807, 2.05) is 25.7 Å². The Morgan fingerprint density at radius 2 is 2.00 bits per heavy atom. The van der Waals surface area contributed by atoms with Gasteiger partial charge in [-0.1, -0.05) is 0 Å². The van der Waals surface area contributed by atoms with Gasteiger partial charge in [-0.2, -0.15) is 15.0 Å². The third-order valence-corrected chi connectivity index (χ3v) is 2.46. The van der Waals surface area contributed by atoms with Gasteiger partial charge in [-0.25, -0.2) is 0 Å². The summed E-state index contributed by atoms with van der Waals surface area (Å²) in [6, 6.07) is 0.325. The Morgan fingerprint density at radius 1 is 1.21 bits per heavy atom.